The molecule has 2 aromatic carbocycles. The molecular weight excluding hydrogens is 394 g/mol. The van der Waals surface area contributed by atoms with Crippen LogP contribution in [0.2, 0.25) is 0 Å². The fourth-order valence-electron chi connectivity index (χ4n) is 3.38. The maximum absolute atomic E-state index is 12.7. The molecule has 26 heavy (non-hydrogen) atoms. The molecule has 7 heteroatoms. The number of carbonyl (C=O) groups is 1. The second-order valence-electron chi connectivity index (χ2n) is 6.39. The Morgan fingerprint density at radius 3 is 2.69 bits per heavy atom. The SMILES string of the molecule is CN1C(=O)c2ccccc2N(C)[C@@H]1c1cn(Cc2cccc(Br)c2)nn1. The van der Waals surface area contributed by atoms with Gasteiger partial charge in [-0.2, -0.15) is 0 Å². The molecule has 0 saturated carbocycles. The first-order valence-corrected chi connectivity index (χ1v) is 9.07. The Morgan fingerprint density at radius 2 is 1.88 bits per heavy atom. The van der Waals surface area contributed by atoms with E-state index in [1.165, 1.54) is 0 Å². The third-order valence-corrected chi connectivity index (χ3v) is 5.12. The molecule has 0 fully saturated rings. The molecule has 0 radical (unpaired) electrons. The lowest BCUT2D eigenvalue weighted by atomic mass is 10.1. The Bertz CT molecular complexity index is 970. The van der Waals surface area contributed by atoms with Gasteiger partial charge in [-0.3, -0.25) is 4.79 Å². The molecule has 1 atom stereocenters. The van der Waals surface area contributed by atoms with Gasteiger partial charge in [0, 0.05) is 18.6 Å². The largest absolute Gasteiger partial charge is 0.348 e. The molecule has 0 unspecified atom stereocenters. The third kappa shape index (κ3) is 2.88. The number of anilines is 1. The van der Waals surface area contributed by atoms with Crippen LogP contribution in [0.5, 0.6) is 0 Å². The smallest absolute Gasteiger partial charge is 0.257 e. The third-order valence-electron chi connectivity index (χ3n) is 4.62. The molecule has 0 N–H and O–H groups in total. The van der Waals surface area contributed by atoms with Gasteiger partial charge in [-0.25, -0.2) is 4.68 Å². The average Bonchev–Trinajstić information content (AvgIpc) is 3.08. The summed E-state index contributed by atoms with van der Waals surface area (Å²) in [6.07, 6.45) is 1.62. The maximum atomic E-state index is 12.7. The molecule has 1 amide bonds. The van der Waals surface area contributed by atoms with Crippen LogP contribution in [0.25, 0.3) is 0 Å². The van der Waals surface area contributed by atoms with Gasteiger partial charge in [-0.1, -0.05) is 45.4 Å². The number of halogens is 1. The fourth-order valence-corrected chi connectivity index (χ4v) is 3.83. The number of fused-ring (bicyclic) bond motifs is 1. The van der Waals surface area contributed by atoms with Gasteiger partial charge in [0.05, 0.1) is 24.0 Å². The summed E-state index contributed by atoms with van der Waals surface area (Å²) < 4.78 is 2.83. The highest BCUT2D eigenvalue weighted by molar-refractivity contribution is 9.10. The molecule has 1 aromatic heterocycles. The number of amides is 1. The second-order valence-corrected chi connectivity index (χ2v) is 7.30. The Labute approximate surface area is 160 Å². The summed E-state index contributed by atoms with van der Waals surface area (Å²) in [5.41, 5.74) is 3.48. The lowest BCUT2D eigenvalue weighted by Crippen LogP contribution is -2.45. The molecule has 1 aliphatic heterocycles. The van der Waals surface area contributed by atoms with E-state index in [4.69, 9.17) is 0 Å². The van der Waals surface area contributed by atoms with E-state index in [-0.39, 0.29) is 12.1 Å². The monoisotopic (exact) mass is 411 g/mol. The van der Waals surface area contributed by atoms with Crippen LogP contribution in [-0.4, -0.2) is 39.9 Å². The Balaban J connectivity index is 1.64. The standard InChI is InChI=1S/C19H18BrN5O/c1-23-17-9-4-3-8-15(17)19(26)24(2)18(23)16-12-25(22-21-16)11-13-6-5-7-14(20)10-13/h3-10,12,18H,11H2,1-2H3/t18-/m0/s1. The predicted molar refractivity (Wildman–Crippen MR) is 103 cm³/mol. The summed E-state index contributed by atoms with van der Waals surface area (Å²) in [4.78, 5) is 16.5. The van der Waals surface area contributed by atoms with Crippen LogP contribution in [0.1, 0.15) is 27.8 Å². The van der Waals surface area contributed by atoms with Gasteiger partial charge >= 0.3 is 0 Å². The molecule has 6 nitrogen and oxygen atoms in total. The van der Waals surface area contributed by atoms with Gasteiger partial charge in [0.2, 0.25) is 0 Å². The van der Waals surface area contributed by atoms with E-state index >= 15 is 0 Å². The molecule has 0 spiro atoms. The zero-order valence-electron chi connectivity index (χ0n) is 14.5. The van der Waals surface area contributed by atoms with Crippen molar-refractivity contribution in [3.8, 4) is 0 Å². The van der Waals surface area contributed by atoms with Crippen LogP contribution in [0.15, 0.2) is 59.2 Å². The number of rotatable bonds is 3. The Kier molecular flexibility index (Phi) is 4.24. The van der Waals surface area contributed by atoms with Crippen molar-refractivity contribution in [2.75, 3.05) is 19.0 Å². The molecule has 1 aliphatic rings. The first-order valence-electron chi connectivity index (χ1n) is 8.28. The van der Waals surface area contributed by atoms with Gasteiger partial charge < -0.3 is 9.80 Å². The quantitative estimate of drug-likeness (QED) is 0.663. The Hall–Kier alpha value is -2.67. The van der Waals surface area contributed by atoms with E-state index in [0.29, 0.717) is 12.1 Å². The summed E-state index contributed by atoms with van der Waals surface area (Å²) in [7, 11) is 3.77. The molecule has 0 bridgehead atoms. The number of aromatic nitrogens is 3. The molecule has 0 saturated heterocycles. The van der Waals surface area contributed by atoms with Gasteiger partial charge in [-0.15, -0.1) is 5.10 Å². The number of hydrogen-bond acceptors (Lipinski definition) is 4. The predicted octanol–water partition coefficient (Wildman–Crippen LogP) is 3.31. The molecular formula is C19H18BrN5O. The maximum Gasteiger partial charge on any atom is 0.257 e. The lowest BCUT2D eigenvalue weighted by molar-refractivity contribution is 0.0707. The van der Waals surface area contributed by atoms with E-state index in [1.54, 1.807) is 16.6 Å². The molecule has 4 rings (SSSR count). The van der Waals surface area contributed by atoms with E-state index in [0.717, 1.165) is 21.4 Å². The normalized spacial score (nSPS) is 16.7. The first kappa shape index (κ1) is 16.8. The summed E-state index contributed by atoms with van der Waals surface area (Å²) in [5, 5.41) is 8.59. The van der Waals surface area contributed by atoms with Crippen LogP contribution in [-0.2, 0) is 6.54 Å². The highest BCUT2D eigenvalue weighted by atomic mass is 79.9. The van der Waals surface area contributed by atoms with Crippen LogP contribution in [0.3, 0.4) is 0 Å². The Morgan fingerprint density at radius 1 is 1.08 bits per heavy atom. The molecule has 3 aromatic rings. The van der Waals surface area contributed by atoms with Gasteiger partial charge in [0.15, 0.2) is 6.17 Å². The van der Waals surface area contributed by atoms with Crippen molar-refractivity contribution in [2.24, 2.45) is 0 Å². The zero-order valence-corrected chi connectivity index (χ0v) is 16.1. The van der Waals surface area contributed by atoms with E-state index in [9.17, 15) is 4.79 Å². The topological polar surface area (TPSA) is 54.3 Å². The van der Waals surface area contributed by atoms with Crippen molar-refractivity contribution in [3.63, 3.8) is 0 Å². The van der Waals surface area contributed by atoms with Gasteiger partial charge in [0.1, 0.15) is 5.69 Å². The number of benzene rings is 2. The molecule has 2 heterocycles. The van der Waals surface area contributed by atoms with Crippen molar-refractivity contribution in [3.05, 3.63) is 76.0 Å². The summed E-state index contributed by atoms with van der Waals surface area (Å²) in [6.45, 7) is 0.622. The number of nitrogens with zero attached hydrogens (tertiary/aromatic N) is 5. The van der Waals surface area contributed by atoms with Crippen LogP contribution in [0.4, 0.5) is 5.69 Å². The van der Waals surface area contributed by atoms with Crippen LogP contribution in [0, 0.1) is 0 Å². The minimum atomic E-state index is -0.284. The van der Waals surface area contributed by atoms with Crippen molar-refractivity contribution in [1.29, 1.82) is 0 Å². The highest BCUT2D eigenvalue weighted by Gasteiger charge is 2.35. The van der Waals surface area contributed by atoms with E-state index < -0.39 is 0 Å². The van der Waals surface area contributed by atoms with Gasteiger partial charge in [0.25, 0.3) is 5.91 Å². The van der Waals surface area contributed by atoms with Crippen molar-refractivity contribution >= 4 is 27.5 Å². The summed E-state index contributed by atoms with van der Waals surface area (Å²) >= 11 is 3.48. The fraction of sp³-hybridized carbons (Fsp3) is 0.211. The van der Waals surface area contributed by atoms with Crippen LogP contribution >= 0.6 is 15.9 Å². The number of para-hydroxylation sites is 1. The van der Waals surface area contributed by atoms with E-state index in [1.807, 2.05) is 55.7 Å². The minimum Gasteiger partial charge on any atom is -0.348 e. The lowest BCUT2D eigenvalue weighted by Gasteiger charge is -2.40. The molecule has 0 aliphatic carbocycles. The van der Waals surface area contributed by atoms with Crippen molar-refractivity contribution < 1.29 is 4.79 Å². The van der Waals surface area contributed by atoms with Gasteiger partial charge in [-0.05, 0) is 29.8 Å². The minimum absolute atomic E-state index is 0.00904. The van der Waals surface area contributed by atoms with Crippen LogP contribution < -0.4 is 4.90 Å². The van der Waals surface area contributed by atoms with Crippen molar-refractivity contribution in [1.82, 2.24) is 19.9 Å². The number of carbonyl (C=O) groups excluding carboxylic acids is 1. The first-order chi connectivity index (χ1) is 12.5. The highest BCUT2D eigenvalue weighted by Crippen LogP contribution is 2.35. The summed E-state index contributed by atoms with van der Waals surface area (Å²) in [6, 6.07) is 15.7. The zero-order chi connectivity index (χ0) is 18.3. The molecule has 132 valence electrons. The summed E-state index contributed by atoms with van der Waals surface area (Å²) in [5.74, 6) is -0.00904. The second kappa shape index (κ2) is 6.57. The van der Waals surface area contributed by atoms with E-state index in [2.05, 4.69) is 37.2 Å². The van der Waals surface area contributed by atoms with Crippen molar-refractivity contribution in [2.45, 2.75) is 12.7 Å². The number of hydrogen-bond donors (Lipinski definition) is 0. The average molecular weight is 412 g/mol.